The number of anilines is 1. The molecule has 1 atom stereocenters. The minimum absolute atomic E-state index is 0.322. The molecule has 2 aromatic heterocycles. The van der Waals surface area contributed by atoms with Crippen molar-refractivity contribution in [3.63, 3.8) is 0 Å². The molecule has 0 spiro atoms. The molecular formula is C18H21N5O2S. The number of thiazole rings is 1. The lowest BCUT2D eigenvalue weighted by Gasteiger charge is -2.24. The Morgan fingerprint density at radius 1 is 1.23 bits per heavy atom. The second-order valence-electron chi connectivity index (χ2n) is 6.81. The van der Waals surface area contributed by atoms with E-state index in [4.69, 9.17) is 5.73 Å². The number of carbonyl (C=O) groups is 2. The zero-order valence-electron chi connectivity index (χ0n) is 14.4. The van der Waals surface area contributed by atoms with Gasteiger partial charge in [-0.05, 0) is 43.4 Å². The van der Waals surface area contributed by atoms with E-state index in [0.717, 1.165) is 22.6 Å². The van der Waals surface area contributed by atoms with Gasteiger partial charge in [-0.25, -0.2) is 9.78 Å². The van der Waals surface area contributed by atoms with Gasteiger partial charge in [-0.2, -0.15) is 0 Å². The highest BCUT2D eigenvalue weighted by molar-refractivity contribution is 7.19. The van der Waals surface area contributed by atoms with Gasteiger partial charge in [0.15, 0.2) is 5.13 Å². The maximum atomic E-state index is 12.4. The Kier molecular flexibility index (Phi) is 4.58. The fourth-order valence-electron chi connectivity index (χ4n) is 3.46. The molecule has 0 aromatic carbocycles. The summed E-state index contributed by atoms with van der Waals surface area (Å²) < 4.78 is 0. The minimum atomic E-state index is -0.528. The molecule has 136 valence electrons. The van der Waals surface area contributed by atoms with Crippen LogP contribution in [0.2, 0.25) is 0 Å². The van der Waals surface area contributed by atoms with Crippen molar-refractivity contribution >= 4 is 28.4 Å². The molecular weight excluding hydrogens is 350 g/mol. The van der Waals surface area contributed by atoms with Gasteiger partial charge < -0.3 is 10.6 Å². The van der Waals surface area contributed by atoms with Crippen LogP contribution in [0.15, 0.2) is 24.5 Å². The van der Waals surface area contributed by atoms with Gasteiger partial charge in [0.2, 0.25) is 5.91 Å². The van der Waals surface area contributed by atoms with Crippen molar-refractivity contribution in [2.75, 3.05) is 11.9 Å². The normalized spacial score (nSPS) is 20.0. The first kappa shape index (κ1) is 17.0. The van der Waals surface area contributed by atoms with E-state index in [1.54, 1.807) is 6.20 Å². The summed E-state index contributed by atoms with van der Waals surface area (Å²) in [7, 11) is 0. The molecule has 1 saturated carbocycles. The molecule has 2 aliphatic rings. The van der Waals surface area contributed by atoms with Gasteiger partial charge in [-0.3, -0.25) is 15.1 Å². The molecule has 1 aliphatic heterocycles. The van der Waals surface area contributed by atoms with Crippen LogP contribution in [0.25, 0.3) is 10.4 Å². The van der Waals surface area contributed by atoms with Crippen LogP contribution < -0.4 is 11.1 Å². The van der Waals surface area contributed by atoms with Crippen LogP contribution in [0.5, 0.6) is 0 Å². The summed E-state index contributed by atoms with van der Waals surface area (Å²) in [4.78, 5) is 35.1. The molecule has 8 heteroatoms. The summed E-state index contributed by atoms with van der Waals surface area (Å²) in [6, 6.07) is 3.23. The Hall–Kier alpha value is -2.48. The van der Waals surface area contributed by atoms with E-state index in [9.17, 15) is 9.59 Å². The Bertz CT molecular complexity index is 832. The van der Waals surface area contributed by atoms with Crippen molar-refractivity contribution in [1.82, 2.24) is 14.9 Å². The molecule has 3 N–H and O–H groups in total. The summed E-state index contributed by atoms with van der Waals surface area (Å²) >= 11 is 1.42. The van der Waals surface area contributed by atoms with Crippen LogP contribution in [-0.4, -0.2) is 39.4 Å². The first-order valence-electron chi connectivity index (χ1n) is 8.91. The van der Waals surface area contributed by atoms with E-state index >= 15 is 0 Å². The Labute approximate surface area is 155 Å². The number of carbonyl (C=O) groups excluding carboxylic acids is 2. The molecule has 1 saturated heterocycles. The average molecular weight is 371 g/mol. The van der Waals surface area contributed by atoms with E-state index in [2.05, 4.69) is 21.4 Å². The summed E-state index contributed by atoms with van der Waals surface area (Å²) in [6.45, 7) is 0.534. The minimum Gasteiger partial charge on any atom is -0.368 e. The van der Waals surface area contributed by atoms with Crippen LogP contribution in [0, 0.1) is 0 Å². The number of hydrogen-bond donors (Lipinski definition) is 2. The number of pyridine rings is 1. The molecule has 2 fully saturated rings. The van der Waals surface area contributed by atoms with E-state index in [1.165, 1.54) is 35.5 Å². The second-order valence-corrected chi connectivity index (χ2v) is 7.84. The van der Waals surface area contributed by atoms with E-state index in [0.29, 0.717) is 24.0 Å². The molecule has 3 heterocycles. The van der Waals surface area contributed by atoms with Crippen molar-refractivity contribution in [2.24, 2.45) is 5.73 Å². The molecule has 26 heavy (non-hydrogen) atoms. The van der Waals surface area contributed by atoms with E-state index < -0.39 is 11.9 Å². The van der Waals surface area contributed by atoms with Crippen molar-refractivity contribution in [3.05, 3.63) is 30.2 Å². The highest BCUT2D eigenvalue weighted by atomic mass is 32.1. The SMILES string of the molecule is NC(=O)C1CCCN1C(=O)Nc1ncc(-c2ccnc(C3CCC3)c2)s1. The third-order valence-corrected chi connectivity index (χ3v) is 6.11. The van der Waals surface area contributed by atoms with Gasteiger partial charge in [-0.15, -0.1) is 0 Å². The molecule has 4 rings (SSSR count). The topological polar surface area (TPSA) is 101 Å². The summed E-state index contributed by atoms with van der Waals surface area (Å²) in [5.74, 6) is 0.112. The number of amides is 3. The van der Waals surface area contributed by atoms with Crippen molar-refractivity contribution in [3.8, 4) is 10.4 Å². The highest BCUT2D eigenvalue weighted by Gasteiger charge is 2.33. The van der Waals surface area contributed by atoms with Gasteiger partial charge in [0.25, 0.3) is 0 Å². The number of nitrogens with zero attached hydrogens (tertiary/aromatic N) is 3. The van der Waals surface area contributed by atoms with Crippen LogP contribution in [0.3, 0.4) is 0 Å². The number of nitrogens with one attached hydrogen (secondary N) is 1. The number of primary amides is 1. The molecule has 1 unspecified atom stereocenters. The largest absolute Gasteiger partial charge is 0.368 e. The lowest BCUT2D eigenvalue weighted by Crippen LogP contribution is -2.45. The summed E-state index contributed by atoms with van der Waals surface area (Å²) in [5, 5.41) is 3.31. The first-order valence-corrected chi connectivity index (χ1v) is 9.72. The molecule has 2 aromatic rings. The first-order chi connectivity index (χ1) is 12.6. The van der Waals surface area contributed by atoms with E-state index in [-0.39, 0.29) is 6.03 Å². The number of aromatic nitrogens is 2. The lowest BCUT2D eigenvalue weighted by molar-refractivity contribution is -0.121. The van der Waals surface area contributed by atoms with Crippen molar-refractivity contribution < 1.29 is 9.59 Å². The van der Waals surface area contributed by atoms with Gasteiger partial charge in [0.1, 0.15) is 6.04 Å². The second kappa shape index (κ2) is 7.03. The standard InChI is InChI=1S/C18H21N5O2S/c19-16(24)14-5-2-8-23(14)18(25)22-17-21-10-15(26-17)12-6-7-20-13(9-12)11-3-1-4-11/h6-7,9-11,14H,1-5,8H2,(H2,19,24)(H,21,22,25). The molecule has 0 bridgehead atoms. The number of likely N-dealkylation sites (tertiary alicyclic amines) is 1. The maximum absolute atomic E-state index is 12.4. The number of urea groups is 1. The van der Waals surface area contributed by atoms with Crippen molar-refractivity contribution in [2.45, 2.75) is 44.1 Å². The molecule has 1 aliphatic carbocycles. The fourth-order valence-corrected chi connectivity index (χ4v) is 4.27. The van der Waals surface area contributed by atoms with Crippen LogP contribution in [0.4, 0.5) is 9.93 Å². The average Bonchev–Trinajstić information content (AvgIpc) is 3.22. The zero-order chi connectivity index (χ0) is 18.1. The molecule has 0 radical (unpaired) electrons. The molecule has 3 amide bonds. The number of hydrogen-bond acceptors (Lipinski definition) is 5. The lowest BCUT2D eigenvalue weighted by atomic mass is 9.82. The monoisotopic (exact) mass is 371 g/mol. The Balaban J connectivity index is 1.46. The zero-order valence-corrected chi connectivity index (χ0v) is 15.2. The maximum Gasteiger partial charge on any atom is 0.324 e. The highest BCUT2D eigenvalue weighted by Crippen LogP contribution is 2.37. The summed E-state index contributed by atoms with van der Waals surface area (Å²) in [5.41, 5.74) is 7.57. The van der Waals surface area contributed by atoms with Gasteiger partial charge in [-0.1, -0.05) is 17.8 Å². The van der Waals surface area contributed by atoms with Crippen LogP contribution in [0.1, 0.15) is 43.7 Å². The number of rotatable bonds is 4. The fraction of sp³-hybridized carbons (Fsp3) is 0.444. The molecule has 7 nitrogen and oxygen atoms in total. The van der Waals surface area contributed by atoms with E-state index in [1.807, 2.05) is 12.3 Å². The van der Waals surface area contributed by atoms with Gasteiger partial charge >= 0.3 is 6.03 Å². The predicted molar refractivity (Wildman–Crippen MR) is 99.9 cm³/mol. The van der Waals surface area contributed by atoms with Gasteiger partial charge in [0.05, 0.1) is 4.88 Å². The summed E-state index contributed by atoms with van der Waals surface area (Å²) in [6.07, 6.45) is 8.68. The quantitative estimate of drug-likeness (QED) is 0.863. The Morgan fingerprint density at radius 2 is 2.08 bits per heavy atom. The Morgan fingerprint density at radius 3 is 2.81 bits per heavy atom. The van der Waals surface area contributed by atoms with Crippen LogP contribution in [-0.2, 0) is 4.79 Å². The van der Waals surface area contributed by atoms with Crippen molar-refractivity contribution in [1.29, 1.82) is 0 Å². The smallest absolute Gasteiger partial charge is 0.324 e. The van der Waals surface area contributed by atoms with Crippen LogP contribution >= 0.6 is 11.3 Å². The van der Waals surface area contributed by atoms with Gasteiger partial charge in [0, 0.05) is 30.6 Å². The third-order valence-electron chi connectivity index (χ3n) is 5.15. The number of nitrogens with two attached hydrogens (primary N) is 1. The predicted octanol–water partition coefficient (Wildman–Crippen LogP) is 2.95. The third kappa shape index (κ3) is 3.29.